The van der Waals surface area contributed by atoms with Gasteiger partial charge in [-0.1, -0.05) is 6.92 Å². The number of ketones is 1. The highest BCUT2D eigenvalue weighted by Gasteiger charge is 2.05. The minimum absolute atomic E-state index is 0.0431. The maximum absolute atomic E-state index is 11.3. The lowest BCUT2D eigenvalue weighted by molar-refractivity contribution is 0.0983. The number of hydrogen-bond acceptors (Lipinski definition) is 4. The van der Waals surface area contributed by atoms with Crippen molar-refractivity contribution in [2.24, 2.45) is 0 Å². The number of Topliss-reactive ketones (excluding diaryl/α,β-unsaturated/α-hetero) is 1. The molecule has 0 aliphatic heterocycles. The van der Waals surface area contributed by atoms with E-state index in [1.54, 1.807) is 12.3 Å². The minimum atomic E-state index is 0.0431. The van der Waals surface area contributed by atoms with Crippen LogP contribution in [0.1, 0.15) is 30.8 Å². The molecule has 0 unspecified atom stereocenters. The van der Waals surface area contributed by atoms with Crippen LogP contribution in [0, 0.1) is 0 Å². The summed E-state index contributed by atoms with van der Waals surface area (Å²) in [5.41, 5.74) is 0.480. The average molecular weight is 179 g/mol. The number of anilines is 1. The van der Waals surface area contributed by atoms with Crippen LogP contribution >= 0.6 is 0 Å². The van der Waals surface area contributed by atoms with Crippen LogP contribution in [0.15, 0.2) is 12.3 Å². The largest absolute Gasteiger partial charge is 0.354 e. The molecule has 70 valence electrons. The van der Waals surface area contributed by atoms with E-state index in [4.69, 9.17) is 0 Å². The van der Waals surface area contributed by atoms with Crippen LogP contribution in [-0.2, 0) is 0 Å². The van der Waals surface area contributed by atoms with E-state index >= 15 is 0 Å². The van der Waals surface area contributed by atoms with E-state index in [1.165, 1.54) is 0 Å². The number of nitrogens with one attached hydrogen (secondary N) is 1. The Kier molecular flexibility index (Phi) is 3.37. The predicted octanol–water partition coefficient (Wildman–Crippen LogP) is 1.50. The first-order chi connectivity index (χ1) is 6.27. The number of hydrogen-bond donors (Lipinski definition) is 1. The van der Waals surface area contributed by atoms with Crippen molar-refractivity contribution in [3.8, 4) is 0 Å². The number of rotatable bonds is 4. The Bertz CT molecular complexity index is 299. The molecular formula is C9H13N3O. The highest BCUT2D eigenvalue weighted by molar-refractivity contribution is 5.94. The maximum Gasteiger partial charge on any atom is 0.223 e. The third-order valence-corrected chi connectivity index (χ3v) is 1.60. The summed E-state index contributed by atoms with van der Waals surface area (Å²) in [6.07, 6.45) is 2.07. The second-order valence-electron chi connectivity index (χ2n) is 2.57. The average Bonchev–Trinajstić information content (AvgIpc) is 2.18. The summed E-state index contributed by atoms with van der Waals surface area (Å²) in [5.74, 6) is 0.559. The van der Waals surface area contributed by atoms with E-state index < -0.39 is 0 Å². The van der Waals surface area contributed by atoms with Gasteiger partial charge in [-0.25, -0.2) is 9.97 Å². The summed E-state index contributed by atoms with van der Waals surface area (Å²) in [6, 6.07) is 1.63. The molecule has 4 nitrogen and oxygen atoms in total. The van der Waals surface area contributed by atoms with Crippen molar-refractivity contribution in [1.29, 1.82) is 0 Å². The van der Waals surface area contributed by atoms with Crippen LogP contribution < -0.4 is 5.32 Å². The predicted molar refractivity (Wildman–Crippen MR) is 50.8 cm³/mol. The van der Waals surface area contributed by atoms with Gasteiger partial charge in [-0.05, 0) is 13.0 Å². The van der Waals surface area contributed by atoms with Crippen molar-refractivity contribution in [1.82, 2.24) is 9.97 Å². The fraction of sp³-hybridized carbons (Fsp3) is 0.444. The van der Waals surface area contributed by atoms with E-state index in [0.29, 0.717) is 18.1 Å². The summed E-state index contributed by atoms with van der Waals surface area (Å²) >= 11 is 0. The molecule has 1 heterocycles. The van der Waals surface area contributed by atoms with Crippen molar-refractivity contribution in [3.05, 3.63) is 18.0 Å². The van der Waals surface area contributed by atoms with E-state index in [9.17, 15) is 4.79 Å². The zero-order chi connectivity index (χ0) is 9.68. The molecule has 0 bridgehead atoms. The van der Waals surface area contributed by atoms with Crippen molar-refractivity contribution in [3.63, 3.8) is 0 Å². The van der Waals surface area contributed by atoms with Gasteiger partial charge in [0.15, 0.2) is 5.78 Å². The lowest BCUT2D eigenvalue weighted by Gasteiger charge is -2.01. The van der Waals surface area contributed by atoms with E-state index in [1.807, 2.05) is 13.8 Å². The first-order valence-corrected chi connectivity index (χ1v) is 4.38. The summed E-state index contributed by atoms with van der Waals surface area (Å²) in [6.45, 7) is 4.53. The monoisotopic (exact) mass is 179 g/mol. The molecule has 4 heteroatoms. The smallest absolute Gasteiger partial charge is 0.223 e. The fourth-order valence-corrected chi connectivity index (χ4v) is 0.938. The van der Waals surface area contributed by atoms with Crippen LogP contribution in [0.3, 0.4) is 0 Å². The van der Waals surface area contributed by atoms with Gasteiger partial charge in [-0.2, -0.15) is 0 Å². The van der Waals surface area contributed by atoms with Crippen molar-refractivity contribution in [2.45, 2.75) is 20.3 Å². The van der Waals surface area contributed by atoms with E-state index in [-0.39, 0.29) is 5.78 Å². The molecule has 0 aliphatic carbocycles. The summed E-state index contributed by atoms with van der Waals surface area (Å²) < 4.78 is 0. The van der Waals surface area contributed by atoms with Crippen LogP contribution in [0.4, 0.5) is 5.95 Å². The van der Waals surface area contributed by atoms with Crippen molar-refractivity contribution >= 4 is 11.7 Å². The first kappa shape index (κ1) is 9.64. The van der Waals surface area contributed by atoms with Crippen molar-refractivity contribution < 1.29 is 4.79 Å². The van der Waals surface area contributed by atoms with Gasteiger partial charge in [-0.15, -0.1) is 0 Å². The summed E-state index contributed by atoms with van der Waals surface area (Å²) in [5, 5.41) is 2.95. The molecule has 1 N–H and O–H groups in total. The van der Waals surface area contributed by atoms with Crippen LogP contribution in [0.25, 0.3) is 0 Å². The Balaban J connectivity index is 2.85. The molecule has 1 rings (SSSR count). The molecule has 1 aromatic rings. The number of carbonyl (C=O) groups excluding carboxylic acids is 1. The maximum atomic E-state index is 11.3. The Labute approximate surface area is 77.4 Å². The molecule has 0 saturated carbocycles. The molecule has 0 saturated heterocycles. The van der Waals surface area contributed by atoms with E-state index in [0.717, 1.165) is 6.54 Å². The zero-order valence-corrected chi connectivity index (χ0v) is 7.87. The fourth-order valence-electron chi connectivity index (χ4n) is 0.938. The quantitative estimate of drug-likeness (QED) is 0.712. The summed E-state index contributed by atoms with van der Waals surface area (Å²) in [7, 11) is 0. The molecule has 0 fully saturated rings. The second-order valence-corrected chi connectivity index (χ2v) is 2.57. The van der Waals surface area contributed by atoms with Gasteiger partial charge in [0, 0.05) is 19.2 Å². The normalized spacial score (nSPS) is 9.69. The van der Waals surface area contributed by atoms with Gasteiger partial charge in [0.05, 0.1) is 0 Å². The zero-order valence-electron chi connectivity index (χ0n) is 7.87. The van der Waals surface area contributed by atoms with Crippen molar-refractivity contribution in [2.75, 3.05) is 11.9 Å². The number of aromatic nitrogens is 2. The van der Waals surface area contributed by atoms with Gasteiger partial charge < -0.3 is 5.32 Å². The molecule has 0 radical (unpaired) electrons. The highest BCUT2D eigenvalue weighted by Crippen LogP contribution is 2.02. The lowest BCUT2D eigenvalue weighted by Crippen LogP contribution is -2.06. The SMILES string of the molecule is CCNc1nccc(C(=O)CC)n1. The Morgan fingerprint density at radius 2 is 2.31 bits per heavy atom. The highest BCUT2D eigenvalue weighted by atomic mass is 16.1. The standard InChI is InChI=1S/C9H13N3O/c1-3-8(13)7-5-6-11-9(12-7)10-4-2/h5-6H,3-4H2,1-2H3,(H,10,11,12). The minimum Gasteiger partial charge on any atom is -0.354 e. The lowest BCUT2D eigenvalue weighted by atomic mass is 10.2. The number of carbonyl (C=O) groups is 1. The van der Waals surface area contributed by atoms with Crippen LogP contribution in [0.2, 0.25) is 0 Å². The van der Waals surface area contributed by atoms with Gasteiger partial charge in [0.2, 0.25) is 5.95 Å². The molecule has 0 spiro atoms. The van der Waals surface area contributed by atoms with Gasteiger partial charge in [-0.3, -0.25) is 4.79 Å². The third kappa shape index (κ3) is 2.50. The molecule has 0 aromatic carbocycles. The Morgan fingerprint density at radius 3 is 2.92 bits per heavy atom. The molecular weight excluding hydrogens is 166 g/mol. The van der Waals surface area contributed by atoms with Crippen LogP contribution in [-0.4, -0.2) is 22.3 Å². The Hall–Kier alpha value is -1.45. The van der Waals surface area contributed by atoms with E-state index in [2.05, 4.69) is 15.3 Å². The molecule has 0 aliphatic rings. The van der Waals surface area contributed by atoms with Gasteiger partial charge in [0.25, 0.3) is 0 Å². The van der Waals surface area contributed by atoms with Gasteiger partial charge in [0.1, 0.15) is 5.69 Å². The third-order valence-electron chi connectivity index (χ3n) is 1.60. The Morgan fingerprint density at radius 1 is 1.54 bits per heavy atom. The van der Waals surface area contributed by atoms with Crippen LogP contribution in [0.5, 0.6) is 0 Å². The molecule has 0 amide bonds. The molecule has 13 heavy (non-hydrogen) atoms. The number of nitrogens with zero attached hydrogens (tertiary/aromatic N) is 2. The first-order valence-electron chi connectivity index (χ1n) is 4.38. The molecule has 0 atom stereocenters. The second kappa shape index (κ2) is 4.54. The topological polar surface area (TPSA) is 54.9 Å². The van der Waals surface area contributed by atoms with Gasteiger partial charge >= 0.3 is 0 Å². The summed E-state index contributed by atoms with van der Waals surface area (Å²) in [4.78, 5) is 19.3. The molecule has 1 aromatic heterocycles.